The molecular weight excluding hydrogens is 264 g/mol. The Morgan fingerprint density at radius 3 is 3.00 bits per heavy atom. The Morgan fingerprint density at radius 2 is 2.37 bits per heavy atom. The molecule has 0 aliphatic heterocycles. The lowest BCUT2D eigenvalue weighted by atomic mass is 10.3. The van der Waals surface area contributed by atoms with Gasteiger partial charge < -0.3 is 9.52 Å². The highest BCUT2D eigenvalue weighted by molar-refractivity contribution is 7.98. The van der Waals surface area contributed by atoms with Crippen LogP contribution in [0.1, 0.15) is 27.4 Å². The number of pyridine rings is 1. The predicted octanol–water partition coefficient (Wildman–Crippen LogP) is 2.85. The highest BCUT2D eigenvalue weighted by atomic mass is 32.2. The first-order valence-corrected chi connectivity index (χ1v) is 6.40. The van der Waals surface area contributed by atoms with E-state index in [-0.39, 0.29) is 5.76 Å². The molecule has 0 aromatic carbocycles. The van der Waals surface area contributed by atoms with Gasteiger partial charge in [-0.15, -0.1) is 11.8 Å². The van der Waals surface area contributed by atoms with Crippen molar-refractivity contribution in [3.63, 3.8) is 0 Å². The van der Waals surface area contributed by atoms with Gasteiger partial charge in [0.2, 0.25) is 5.76 Å². The number of carboxylic acid groups (broad SMARTS) is 1. The Morgan fingerprint density at radius 1 is 1.58 bits per heavy atom. The van der Waals surface area contributed by atoms with Crippen molar-refractivity contribution in [2.24, 2.45) is 0 Å². The summed E-state index contributed by atoms with van der Waals surface area (Å²) in [6, 6.07) is 6.89. The third kappa shape index (κ3) is 3.14. The molecule has 0 atom stereocenters. The Kier molecular flexibility index (Phi) is 3.88. The number of aromatic carboxylic acids is 1. The largest absolute Gasteiger partial charge is 0.475 e. The minimum atomic E-state index is -1.08. The van der Waals surface area contributed by atoms with Gasteiger partial charge in [-0.2, -0.15) is 5.26 Å². The molecule has 0 aliphatic rings. The fourth-order valence-electron chi connectivity index (χ4n) is 1.48. The first-order chi connectivity index (χ1) is 9.10. The topological polar surface area (TPSA) is 87.1 Å². The van der Waals surface area contributed by atoms with Gasteiger partial charge in [-0.05, 0) is 25.1 Å². The number of hydrogen-bond donors (Lipinski definition) is 1. The van der Waals surface area contributed by atoms with Crippen LogP contribution in [0.2, 0.25) is 0 Å². The number of thioether (sulfide) groups is 1. The van der Waals surface area contributed by atoms with Crippen LogP contribution in [-0.4, -0.2) is 16.1 Å². The molecule has 0 unspecified atom stereocenters. The third-order valence-corrected chi connectivity index (χ3v) is 3.45. The van der Waals surface area contributed by atoms with E-state index in [0.29, 0.717) is 17.1 Å². The van der Waals surface area contributed by atoms with E-state index < -0.39 is 5.97 Å². The van der Waals surface area contributed by atoms with E-state index in [1.165, 1.54) is 17.8 Å². The molecule has 6 heteroatoms. The summed E-state index contributed by atoms with van der Waals surface area (Å²) in [7, 11) is 0. The first-order valence-electron chi connectivity index (χ1n) is 5.41. The monoisotopic (exact) mass is 274 g/mol. The summed E-state index contributed by atoms with van der Waals surface area (Å²) in [5, 5.41) is 18.3. The summed E-state index contributed by atoms with van der Waals surface area (Å²) >= 11 is 1.43. The van der Waals surface area contributed by atoms with Gasteiger partial charge in [-0.1, -0.05) is 0 Å². The normalized spacial score (nSPS) is 10.1. The van der Waals surface area contributed by atoms with Crippen LogP contribution in [0.15, 0.2) is 33.8 Å². The highest BCUT2D eigenvalue weighted by Gasteiger charge is 2.13. The lowest BCUT2D eigenvalue weighted by molar-refractivity contribution is 0.0661. The summed E-state index contributed by atoms with van der Waals surface area (Å²) < 4.78 is 5.12. The molecule has 2 rings (SSSR count). The highest BCUT2D eigenvalue weighted by Crippen LogP contribution is 2.25. The fraction of sp³-hybridized carbons (Fsp3) is 0.154. The van der Waals surface area contributed by atoms with Gasteiger partial charge >= 0.3 is 5.97 Å². The van der Waals surface area contributed by atoms with E-state index in [1.54, 1.807) is 25.3 Å². The van der Waals surface area contributed by atoms with Crippen LogP contribution in [-0.2, 0) is 5.75 Å². The number of furan rings is 1. The van der Waals surface area contributed by atoms with Gasteiger partial charge in [-0.25, -0.2) is 9.78 Å². The number of nitrogens with zero attached hydrogens (tertiary/aromatic N) is 2. The molecule has 0 saturated heterocycles. The van der Waals surface area contributed by atoms with Crippen LogP contribution in [0.5, 0.6) is 0 Å². The molecule has 1 N–H and O–H groups in total. The van der Waals surface area contributed by atoms with Crippen molar-refractivity contribution in [2.75, 3.05) is 0 Å². The third-order valence-electron chi connectivity index (χ3n) is 2.47. The van der Waals surface area contributed by atoms with Gasteiger partial charge in [0.05, 0.1) is 16.7 Å². The Labute approximate surface area is 113 Å². The van der Waals surface area contributed by atoms with Crippen LogP contribution >= 0.6 is 11.8 Å². The quantitative estimate of drug-likeness (QED) is 0.862. The zero-order valence-corrected chi connectivity index (χ0v) is 10.9. The molecule has 0 bridgehead atoms. The number of aromatic nitrogens is 1. The van der Waals surface area contributed by atoms with Crippen molar-refractivity contribution in [1.82, 2.24) is 4.98 Å². The number of rotatable bonds is 4. The number of aryl methyl sites for hydroxylation is 1. The fourth-order valence-corrected chi connectivity index (χ4v) is 2.41. The summed E-state index contributed by atoms with van der Waals surface area (Å²) in [5.41, 5.74) is 1.36. The van der Waals surface area contributed by atoms with Crippen LogP contribution < -0.4 is 0 Å². The lowest BCUT2D eigenvalue weighted by Crippen LogP contribution is -1.91. The second kappa shape index (κ2) is 5.59. The minimum absolute atomic E-state index is 0.0631. The zero-order valence-electron chi connectivity index (χ0n) is 10.1. The second-order valence-electron chi connectivity index (χ2n) is 3.78. The van der Waals surface area contributed by atoms with E-state index in [0.717, 1.165) is 10.6 Å². The van der Waals surface area contributed by atoms with E-state index in [4.69, 9.17) is 14.8 Å². The zero-order chi connectivity index (χ0) is 13.8. The molecule has 2 heterocycles. The molecule has 0 fully saturated rings. The molecule has 0 saturated carbocycles. The summed E-state index contributed by atoms with van der Waals surface area (Å²) in [4.78, 5) is 14.9. The maximum Gasteiger partial charge on any atom is 0.371 e. The van der Waals surface area contributed by atoms with E-state index in [9.17, 15) is 4.79 Å². The molecular formula is C13H10N2O3S. The van der Waals surface area contributed by atoms with Gasteiger partial charge in [0.25, 0.3) is 0 Å². The minimum Gasteiger partial charge on any atom is -0.475 e. The number of carboxylic acids is 1. The van der Waals surface area contributed by atoms with Crippen molar-refractivity contribution in [2.45, 2.75) is 17.7 Å². The van der Waals surface area contributed by atoms with Crippen LogP contribution in [0.3, 0.4) is 0 Å². The second-order valence-corrected chi connectivity index (χ2v) is 4.78. The average molecular weight is 274 g/mol. The van der Waals surface area contributed by atoms with E-state index in [2.05, 4.69) is 4.98 Å². The van der Waals surface area contributed by atoms with Crippen molar-refractivity contribution in [1.29, 1.82) is 5.26 Å². The Hall–Kier alpha value is -2.26. The standard InChI is InChI=1S/C13H10N2O3S/c1-8-10(5-11(18-8)13(16)17)7-19-12-4-9(6-14)2-3-15-12/h2-5H,7H2,1H3,(H,16,17). The summed E-state index contributed by atoms with van der Waals surface area (Å²) in [5.74, 6) is -0.0121. The molecule has 19 heavy (non-hydrogen) atoms. The molecule has 2 aromatic heterocycles. The Bertz CT molecular complexity index is 658. The summed E-state index contributed by atoms with van der Waals surface area (Å²) in [6.45, 7) is 1.72. The van der Waals surface area contributed by atoms with Gasteiger partial charge in [0, 0.05) is 17.5 Å². The molecule has 0 radical (unpaired) electrons. The maximum atomic E-state index is 10.8. The molecule has 96 valence electrons. The molecule has 0 amide bonds. The lowest BCUT2D eigenvalue weighted by Gasteiger charge is -1.99. The van der Waals surface area contributed by atoms with Crippen LogP contribution in [0.4, 0.5) is 0 Å². The first kappa shape index (κ1) is 13.2. The van der Waals surface area contributed by atoms with Gasteiger partial charge in [0.1, 0.15) is 5.76 Å². The molecule has 2 aromatic rings. The smallest absolute Gasteiger partial charge is 0.371 e. The van der Waals surface area contributed by atoms with Crippen molar-refractivity contribution in [3.05, 3.63) is 47.0 Å². The van der Waals surface area contributed by atoms with Crippen LogP contribution in [0.25, 0.3) is 0 Å². The SMILES string of the molecule is Cc1oc(C(=O)O)cc1CSc1cc(C#N)ccn1. The maximum absolute atomic E-state index is 10.8. The number of carbonyl (C=O) groups is 1. The number of nitriles is 1. The van der Waals surface area contributed by atoms with E-state index >= 15 is 0 Å². The molecule has 5 nitrogen and oxygen atoms in total. The van der Waals surface area contributed by atoms with Crippen LogP contribution in [0, 0.1) is 18.3 Å². The van der Waals surface area contributed by atoms with Crippen molar-refractivity contribution in [3.8, 4) is 6.07 Å². The van der Waals surface area contributed by atoms with Crippen molar-refractivity contribution < 1.29 is 14.3 Å². The van der Waals surface area contributed by atoms with E-state index in [1.807, 2.05) is 6.07 Å². The van der Waals surface area contributed by atoms with Gasteiger partial charge in [0.15, 0.2) is 0 Å². The predicted molar refractivity (Wildman–Crippen MR) is 68.9 cm³/mol. The van der Waals surface area contributed by atoms with Crippen molar-refractivity contribution >= 4 is 17.7 Å². The molecule has 0 spiro atoms. The van der Waals surface area contributed by atoms with Gasteiger partial charge in [-0.3, -0.25) is 0 Å². The average Bonchev–Trinajstić information content (AvgIpc) is 2.78. The molecule has 0 aliphatic carbocycles. The summed E-state index contributed by atoms with van der Waals surface area (Å²) in [6.07, 6.45) is 1.58. The number of hydrogen-bond acceptors (Lipinski definition) is 5. The Balaban J connectivity index is 2.10.